The van der Waals surface area contributed by atoms with Crippen LogP contribution in [0.1, 0.15) is 15.9 Å². The Hall–Kier alpha value is -2.57. The number of rotatable bonds is 7. The van der Waals surface area contributed by atoms with Crippen LogP contribution >= 0.6 is 0 Å². The summed E-state index contributed by atoms with van der Waals surface area (Å²) in [6, 6.07) is 13.6. The van der Waals surface area contributed by atoms with Crippen LogP contribution < -0.4 is 20.3 Å². The van der Waals surface area contributed by atoms with Crippen molar-refractivity contribution in [3.63, 3.8) is 0 Å². The van der Waals surface area contributed by atoms with E-state index in [0.29, 0.717) is 12.2 Å². The first-order valence-electron chi connectivity index (χ1n) is 9.78. The molecule has 0 saturated carbocycles. The molecule has 1 saturated heterocycles. The zero-order chi connectivity index (χ0) is 19.9. The molecule has 1 fully saturated rings. The second kappa shape index (κ2) is 9.57. The first-order chi connectivity index (χ1) is 13.5. The van der Waals surface area contributed by atoms with E-state index in [-0.39, 0.29) is 5.91 Å². The molecule has 1 aliphatic rings. The van der Waals surface area contributed by atoms with Gasteiger partial charge in [-0.25, -0.2) is 0 Å². The Morgan fingerprint density at radius 2 is 1.86 bits per heavy atom. The SMILES string of the molecule is Cc1cc(OCCN(C)C)ccc1NC(=O)c1ccc(N2CCNCC2)cc1. The van der Waals surface area contributed by atoms with Gasteiger partial charge in [0, 0.05) is 49.7 Å². The fraction of sp³-hybridized carbons (Fsp3) is 0.409. The predicted molar refractivity (Wildman–Crippen MR) is 115 cm³/mol. The quantitative estimate of drug-likeness (QED) is 0.771. The summed E-state index contributed by atoms with van der Waals surface area (Å²) in [6.45, 7) is 7.45. The van der Waals surface area contributed by atoms with Gasteiger partial charge in [-0.05, 0) is 69.0 Å². The van der Waals surface area contributed by atoms with Gasteiger partial charge in [0.1, 0.15) is 12.4 Å². The molecule has 150 valence electrons. The van der Waals surface area contributed by atoms with Crippen molar-refractivity contribution >= 4 is 17.3 Å². The van der Waals surface area contributed by atoms with Crippen LogP contribution in [-0.2, 0) is 0 Å². The summed E-state index contributed by atoms with van der Waals surface area (Å²) >= 11 is 0. The molecular formula is C22H30N4O2. The van der Waals surface area contributed by atoms with E-state index in [1.807, 2.05) is 63.5 Å². The van der Waals surface area contributed by atoms with Gasteiger partial charge in [0.05, 0.1) is 0 Å². The molecule has 0 radical (unpaired) electrons. The molecule has 2 N–H and O–H groups in total. The largest absolute Gasteiger partial charge is 0.492 e. The molecule has 2 aromatic rings. The number of nitrogens with one attached hydrogen (secondary N) is 2. The van der Waals surface area contributed by atoms with Crippen LogP contribution in [-0.4, -0.2) is 64.2 Å². The molecule has 28 heavy (non-hydrogen) atoms. The number of anilines is 2. The summed E-state index contributed by atoms with van der Waals surface area (Å²) in [4.78, 5) is 17.0. The van der Waals surface area contributed by atoms with Crippen LogP contribution in [0.4, 0.5) is 11.4 Å². The number of hydrogen-bond acceptors (Lipinski definition) is 5. The number of ether oxygens (including phenoxy) is 1. The molecule has 1 heterocycles. The molecule has 6 nitrogen and oxygen atoms in total. The Balaban J connectivity index is 1.59. The van der Waals surface area contributed by atoms with Crippen molar-refractivity contribution in [3.8, 4) is 5.75 Å². The number of benzene rings is 2. The molecule has 0 spiro atoms. The highest BCUT2D eigenvalue weighted by Crippen LogP contribution is 2.23. The lowest BCUT2D eigenvalue weighted by atomic mass is 10.1. The van der Waals surface area contributed by atoms with Gasteiger partial charge < -0.3 is 25.2 Å². The third-order valence-corrected chi connectivity index (χ3v) is 4.86. The third kappa shape index (κ3) is 5.47. The van der Waals surface area contributed by atoms with Gasteiger partial charge in [0.15, 0.2) is 0 Å². The summed E-state index contributed by atoms with van der Waals surface area (Å²) < 4.78 is 5.75. The van der Waals surface area contributed by atoms with Crippen LogP contribution in [0.2, 0.25) is 0 Å². The Morgan fingerprint density at radius 1 is 1.14 bits per heavy atom. The van der Waals surface area contributed by atoms with E-state index in [4.69, 9.17) is 4.74 Å². The number of hydrogen-bond donors (Lipinski definition) is 2. The highest BCUT2D eigenvalue weighted by atomic mass is 16.5. The fourth-order valence-electron chi connectivity index (χ4n) is 3.15. The maximum Gasteiger partial charge on any atom is 0.255 e. The Bertz CT molecular complexity index is 784. The lowest BCUT2D eigenvalue weighted by Crippen LogP contribution is -2.43. The number of aryl methyl sites for hydroxylation is 1. The normalized spacial score (nSPS) is 14.2. The van der Waals surface area contributed by atoms with Crippen molar-refractivity contribution < 1.29 is 9.53 Å². The number of nitrogens with zero attached hydrogens (tertiary/aromatic N) is 2. The number of likely N-dealkylation sites (N-methyl/N-ethyl adjacent to an activating group) is 1. The smallest absolute Gasteiger partial charge is 0.255 e. The van der Waals surface area contributed by atoms with E-state index in [1.54, 1.807) is 0 Å². The van der Waals surface area contributed by atoms with Gasteiger partial charge in [-0.3, -0.25) is 4.79 Å². The number of carbonyl (C=O) groups excluding carboxylic acids is 1. The van der Waals surface area contributed by atoms with Crippen molar-refractivity contribution in [1.82, 2.24) is 10.2 Å². The average Bonchev–Trinajstić information content (AvgIpc) is 2.70. The molecule has 2 aromatic carbocycles. The first-order valence-corrected chi connectivity index (χ1v) is 9.78. The van der Waals surface area contributed by atoms with Gasteiger partial charge in [0.25, 0.3) is 5.91 Å². The van der Waals surface area contributed by atoms with Crippen LogP contribution in [0, 0.1) is 6.92 Å². The van der Waals surface area contributed by atoms with Crippen molar-refractivity contribution in [2.24, 2.45) is 0 Å². The van der Waals surface area contributed by atoms with Crippen LogP contribution in [0.3, 0.4) is 0 Å². The summed E-state index contributed by atoms with van der Waals surface area (Å²) in [5, 5.41) is 6.35. The first kappa shape index (κ1) is 20.2. The van der Waals surface area contributed by atoms with E-state index >= 15 is 0 Å². The summed E-state index contributed by atoms with van der Waals surface area (Å²) in [6.07, 6.45) is 0. The molecule has 1 aliphatic heterocycles. The Labute approximate surface area is 167 Å². The second-order valence-electron chi connectivity index (χ2n) is 7.37. The van der Waals surface area contributed by atoms with Crippen molar-refractivity contribution in [3.05, 3.63) is 53.6 Å². The molecule has 0 atom stereocenters. The monoisotopic (exact) mass is 382 g/mol. The predicted octanol–water partition coefficient (Wildman–Crippen LogP) is 2.60. The summed E-state index contributed by atoms with van der Waals surface area (Å²) in [7, 11) is 4.03. The Morgan fingerprint density at radius 3 is 2.50 bits per heavy atom. The molecule has 0 bridgehead atoms. The van der Waals surface area contributed by atoms with Crippen LogP contribution in [0.15, 0.2) is 42.5 Å². The molecule has 0 aliphatic carbocycles. The lowest BCUT2D eigenvalue weighted by Gasteiger charge is -2.29. The molecule has 0 unspecified atom stereocenters. The minimum absolute atomic E-state index is 0.101. The average molecular weight is 383 g/mol. The molecule has 3 rings (SSSR count). The number of amides is 1. The molecule has 6 heteroatoms. The van der Waals surface area contributed by atoms with E-state index in [9.17, 15) is 4.79 Å². The minimum atomic E-state index is -0.101. The van der Waals surface area contributed by atoms with Crippen LogP contribution in [0.25, 0.3) is 0 Å². The highest BCUT2D eigenvalue weighted by Gasteiger charge is 2.12. The van der Waals surface area contributed by atoms with Gasteiger partial charge in [-0.15, -0.1) is 0 Å². The maximum absolute atomic E-state index is 12.6. The standard InChI is InChI=1S/C22H30N4O2/c1-17-16-20(28-15-14-25(2)3)8-9-21(17)24-22(27)18-4-6-19(7-5-18)26-12-10-23-11-13-26/h4-9,16,23H,10-15H2,1-3H3,(H,24,27). The minimum Gasteiger partial charge on any atom is -0.492 e. The second-order valence-corrected chi connectivity index (χ2v) is 7.37. The maximum atomic E-state index is 12.6. The Kier molecular flexibility index (Phi) is 6.90. The van der Waals surface area contributed by atoms with E-state index in [0.717, 1.165) is 55.4 Å². The van der Waals surface area contributed by atoms with E-state index in [2.05, 4.69) is 20.4 Å². The molecule has 1 amide bonds. The van der Waals surface area contributed by atoms with Crippen molar-refractivity contribution in [2.45, 2.75) is 6.92 Å². The lowest BCUT2D eigenvalue weighted by molar-refractivity contribution is 0.102. The summed E-state index contributed by atoms with van der Waals surface area (Å²) in [5.41, 5.74) is 3.60. The fourth-order valence-corrected chi connectivity index (χ4v) is 3.15. The highest BCUT2D eigenvalue weighted by molar-refractivity contribution is 6.04. The third-order valence-electron chi connectivity index (χ3n) is 4.86. The van der Waals surface area contributed by atoms with Gasteiger partial charge in [-0.2, -0.15) is 0 Å². The zero-order valence-electron chi connectivity index (χ0n) is 17.0. The van der Waals surface area contributed by atoms with E-state index < -0.39 is 0 Å². The van der Waals surface area contributed by atoms with Crippen molar-refractivity contribution in [1.29, 1.82) is 0 Å². The summed E-state index contributed by atoms with van der Waals surface area (Å²) in [5.74, 6) is 0.717. The molecular weight excluding hydrogens is 352 g/mol. The number of carbonyl (C=O) groups is 1. The van der Waals surface area contributed by atoms with Gasteiger partial charge in [0.2, 0.25) is 0 Å². The molecule has 0 aromatic heterocycles. The van der Waals surface area contributed by atoms with Gasteiger partial charge in [-0.1, -0.05) is 0 Å². The number of piperazine rings is 1. The topological polar surface area (TPSA) is 56.8 Å². The zero-order valence-corrected chi connectivity index (χ0v) is 17.0. The van der Waals surface area contributed by atoms with Gasteiger partial charge >= 0.3 is 0 Å². The van der Waals surface area contributed by atoms with Crippen molar-refractivity contribution in [2.75, 3.05) is 63.6 Å². The van der Waals surface area contributed by atoms with E-state index in [1.165, 1.54) is 0 Å². The van der Waals surface area contributed by atoms with Crippen LogP contribution in [0.5, 0.6) is 5.75 Å².